The van der Waals surface area contributed by atoms with Crippen LogP contribution in [0.3, 0.4) is 0 Å². The van der Waals surface area contributed by atoms with Crippen LogP contribution < -0.4 is 5.32 Å². The van der Waals surface area contributed by atoms with E-state index in [1.54, 1.807) is 6.08 Å². The molecule has 6 N–H and O–H groups in total. The van der Waals surface area contributed by atoms with E-state index < -0.39 is 67.4 Å². The van der Waals surface area contributed by atoms with Gasteiger partial charge in [0.15, 0.2) is 12.4 Å². The summed E-state index contributed by atoms with van der Waals surface area (Å²) >= 11 is 0. The van der Waals surface area contributed by atoms with E-state index in [1.165, 1.54) is 122 Å². The van der Waals surface area contributed by atoms with Gasteiger partial charge in [0.05, 0.1) is 25.4 Å². The Morgan fingerprint density at radius 3 is 1.29 bits per heavy atom. The number of ether oxygens (including phenoxy) is 3. The fraction of sp³-hybridized carbons (Fsp3) is 0.703. The van der Waals surface area contributed by atoms with Gasteiger partial charge < -0.3 is 45.1 Å². The molecule has 0 spiro atoms. The quantitative estimate of drug-likeness (QED) is 0.0195. The Hall–Kier alpha value is -3.94. The minimum atomic E-state index is -1.65. The van der Waals surface area contributed by atoms with Crippen LogP contribution >= 0.6 is 0 Å². The standard InChI is InChI=1S/C74H125NO10/c1-4-7-10-13-16-19-22-25-27-29-31-32-33-34-35-37-38-40-43-46-49-52-55-58-61-67(78)73(82)75-65(66(77)60-57-54-51-48-45-42-24-21-18-15-12-9-6-3)64-83-74-72(71(81)70(80)68(63-76)84-74)85-69(79)62-59-56-53-50-47-44-41-39-36-30-28-26-23-20-17-14-11-8-5-2/h8,11,16-17,19-20,25-28,31-32,36,39,44,47,53,56-57,60,65-68,70-72,74,76-78,80-81H,4-7,9-10,12-15,18,21-24,29-30,33-35,37-38,40-43,45-46,48-52,54-55,58-59,61-64H2,1-3H3,(H,75,82)/b11-8-,19-16-,20-17-,27-25-,28-26-,32-31-,39-36-,47-44-,56-53-,60-57+. The van der Waals surface area contributed by atoms with Gasteiger partial charge >= 0.3 is 5.97 Å². The monoisotopic (exact) mass is 1190 g/mol. The number of hydrogen-bond donors (Lipinski definition) is 6. The Morgan fingerprint density at radius 1 is 0.471 bits per heavy atom. The van der Waals surface area contributed by atoms with Gasteiger partial charge in [0.25, 0.3) is 0 Å². The van der Waals surface area contributed by atoms with Crippen LogP contribution in [0.4, 0.5) is 0 Å². The first kappa shape index (κ1) is 79.1. The molecular formula is C74H125NO10. The van der Waals surface area contributed by atoms with Gasteiger partial charge in [-0.05, 0) is 103 Å². The zero-order valence-electron chi connectivity index (χ0n) is 53.9. The molecule has 1 rings (SSSR count). The molecule has 8 unspecified atom stereocenters. The second-order valence-corrected chi connectivity index (χ2v) is 23.2. The third kappa shape index (κ3) is 47.8. The third-order valence-corrected chi connectivity index (χ3v) is 15.4. The average molecular weight is 1190 g/mol. The van der Waals surface area contributed by atoms with Crippen molar-refractivity contribution < 1.29 is 49.3 Å². The molecule has 1 saturated heterocycles. The Morgan fingerprint density at radius 2 is 0.847 bits per heavy atom. The smallest absolute Gasteiger partial charge is 0.306 e. The summed E-state index contributed by atoms with van der Waals surface area (Å²) in [6.07, 6.45) is 73.9. The van der Waals surface area contributed by atoms with Gasteiger partial charge in [0.1, 0.15) is 24.4 Å². The van der Waals surface area contributed by atoms with Gasteiger partial charge in [-0.1, -0.05) is 284 Å². The lowest BCUT2D eigenvalue weighted by Crippen LogP contribution is -2.61. The zero-order valence-corrected chi connectivity index (χ0v) is 53.9. The number of allylic oxidation sites excluding steroid dienone is 19. The van der Waals surface area contributed by atoms with E-state index in [0.717, 1.165) is 96.3 Å². The maximum Gasteiger partial charge on any atom is 0.306 e. The number of amides is 1. The number of unbranched alkanes of at least 4 members (excludes halogenated alkanes) is 25. The number of carbonyl (C=O) groups is 2. The molecule has 0 aromatic carbocycles. The highest BCUT2D eigenvalue weighted by molar-refractivity contribution is 5.80. The molecule has 0 radical (unpaired) electrons. The zero-order chi connectivity index (χ0) is 61.7. The Kier molecular flexibility index (Phi) is 56.1. The summed E-state index contributed by atoms with van der Waals surface area (Å²) in [5.41, 5.74) is 0. The molecule has 0 aliphatic carbocycles. The summed E-state index contributed by atoms with van der Waals surface area (Å²) in [6, 6.07) is -1.05. The molecule has 8 atom stereocenters. The molecule has 1 amide bonds. The Balaban J connectivity index is 2.66. The van der Waals surface area contributed by atoms with Crippen molar-refractivity contribution in [1.82, 2.24) is 5.32 Å². The van der Waals surface area contributed by atoms with Gasteiger partial charge in [0.2, 0.25) is 5.91 Å². The maximum atomic E-state index is 13.5. The van der Waals surface area contributed by atoms with E-state index >= 15 is 0 Å². The van der Waals surface area contributed by atoms with Crippen LogP contribution in [0.5, 0.6) is 0 Å². The molecule has 85 heavy (non-hydrogen) atoms. The summed E-state index contributed by atoms with van der Waals surface area (Å²) < 4.78 is 17.6. The number of hydrogen-bond acceptors (Lipinski definition) is 10. The molecule has 0 aromatic heterocycles. The lowest BCUT2D eigenvalue weighted by atomic mass is 9.99. The van der Waals surface area contributed by atoms with Crippen LogP contribution in [-0.2, 0) is 23.8 Å². The van der Waals surface area contributed by atoms with Crippen molar-refractivity contribution >= 4 is 11.9 Å². The number of esters is 1. The minimum Gasteiger partial charge on any atom is -0.454 e. The molecule has 0 aromatic rings. The molecule has 1 heterocycles. The largest absolute Gasteiger partial charge is 0.454 e. The normalized spacial score (nSPS) is 19.2. The molecule has 11 nitrogen and oxygen atoms in total. The van der Waals surface area contributed by atoms with Crippen LogP contribution in [0.2, 0.25) is 0 Å². The van der Waals surface area contributed by atoms with Crippen molar-refractivity contribution in [3.63, 3.8) is 0 Å². The van der Waals surface area contributed by atoms with Crippen LogP contribution in [-0.4, -0.2) is 99.6 Å². The van der Waals surface area contributed by atoms with Gasteiger partial charge in [0, 0.05) is 6.42 Å². The van der Waals surface area contributed by atoms with E-state index in [0.29, 0.717) is 19.3 Å². The second kappa shape index (κ2) is 60.3. The highest BCUT2D eigenvalue weighted by atomic mass is 16.7. The predicted molar refractivity (Wildman–Crippen MR) is 356 cm³/mol. The van der Waals surface area contributed by atoms with Crippen LogP contribution in [0.1, 0.15) is 271 Å². The van der Waals surface area contributed by atoms with Gasteiger partial charge in [-0.2, -0.15) is 0 Å². The molecular weight excluding hydrogens is 1060 g/mol. The van der Waals surface area contributed by atoms with Gasteiger partial charge in [-0.15, -0.1) is 0 Å². The van der Waals surface area contributed by atoms with Crippen LogP contribution in [0.15, 0.2) is 122 Å². The van der Waals surface area contributed by atoms with Crippen molar-refractivity contribution in [2.75, 3.05) is 13.2 Å². The van der Waals surface area contributed by atoms with E-state index in [4.69, 9.17) is 14.2 Å². The van der Waals surface area contributed by atoms with Crippen molar-refractivity contribution in [1.29, 1.82) is 0 Å². The molecule has 1 aliphatic heterocycles. The van der Waals surface area contributed by atoms with Crippen LogP contribution in [0.25, 0.3) is 0 Å². The molecule has 1 fully saturated rings. The second-order valence-electron chi connectivity index (χ2n) is 23.2. The maximum absolute atomic E-state index is 13.5. The first-order chi connectivity index (χ1) is 41.7. The lowest BCUT2D eigenvalue weighted by Gasteiger charge is -2.41. The number of carbonyl (C=O) groups excluding carboxylic acids is 2. The highest BCUT2D eigenvalue weighted by Gasteiger charge is 2.47. The van der Waals surface area contributed by atoms with Crippen LogP contribution in [0, 0.1) is 0 Å². The fourth-order valence-electron chi connectivity index (χ4n) is 9.98. The predicted octanol–water partition coefficient (Wildman–Crippen LogP) is 17.4. The van der Waals surface area contributed by atoms with E-state index in [1.807, 2.05) is 18.2 Å². The fourth-order valence-corrected chi connectivity index (χ4v) is 9.98. The first-order valence-corrected chi connectivity index (χ1v) is 34.3. The van der Waals surface area contributed by atoms with E-state index in [9.17, 15) is 35.1 Å². The van der Waals surface area contributed by atoms with E-state index in [-0.39, 0.29) is 19.4 Å². The van der Waals surface area contributed by atoms with Gasteiger partial charge in [-0.25, -0.2) is 0 Å². The van der Waals surface area contributed by atoms with Crippen molar-refractivity contribution in [2.24, 2.45) is 0 Å². The van der Waals surface area contributed by atoms with Gasteiger partial charge in [-0.3, -0.25) is 9.59 Å². The summed E-state index contributed by atoms with van der Waals surface area (Å²) in [7, 11) is 0. The van der Waals surface area contributed by atoms with Crippen molar-refractivity contribution in [3.8, 4) is 0 Å². The lowest BCUT2D eigenvalue weighted by molar-refractivity contribution is -0.305. The molecule has 486 valence electrons. The highest BCUT2D eigenvalue weighted by Crippen LogP contribution is 2.26. The average Bonchev–Trinajstić information content (AvgIpc) is 2.49. The molecule has 11 heteroatoms. The number of aliphatic hydroxyl groups excluding tert-OH is 5. The summed E-state index contributed by atoms with van der Waals surface area (Å²) in [5, 5.41) is 57.2. The number of rotatable bonds is 57. The van der Waals surface area contributed by atoms with E-state index in [2.05, 4.69) is 123 Å². The summed E-state index contributed by atoms with van der Waals surface area (Å²) in [4.78, 5) is 26.6. The van der Waals surface area contributed by atoms with Crippen molar-refractivity contribution in [3.05, 3.63) is 122 Å². The number of nitrogens with one attached hydrogen (secondary N) is 1. The first-order valence-electron chi connectivity index (χ1n) is 34.3. The topological polar surface area (TPSA) is 175 Å². The summed E-state index contributed by atoms with van der Waals surface area (Å²) in [5.74, 6) is -1.29. The number of aliphatic hydroxyl groups is 5. The Bertz CT molecular complexity index is 1850. The summed E-state index contributed by atoms with van der Waals surface area (Å²) in [6.45, 7) is 5.62. The minimum absolute atomic E-state index is 0.00729. The third-order valence-electron chi connectivity index (χ3n) is 15.4. The molecule has 0 saturated carbocycles. The molecule has 1 aliphatic rings. The Labute approximate surface area is 519 Å². The van der Waals surface area contributed by atoms with Crippen molar-refractivity contribution in [2.45, 2.75) is 320 Å². The SMILES string of the molecule is CC/C=C\C/C=C\C/C=C\C/C=C\C/C=C\C/C=C\CCC(=O)OC1C(OCC(NC(=O)C(O)CCCCCCCCCCCCC/C=C\C/C=C\C/C=C\CCCCC)C(O)/C=C/CCCCCCCCCCCCC)OC(CO)C(O)C1O. The molecule has 0 bridgehead atoms.